The zero-order valence-corrected chi connectivity index (χ0v) is 12.0. The van der Waals surface area contributed by atoms with Crippen molar-refractivity contribution < 1.29 is 9.90 Å². The van der Waals surface area contributed by atoms with Gasteiger partial charge in [0.1, 0.15) is 0 Å². The van der Waals surface area contributed by atoms with Crippen molar-refractivity contribution in [2.75, 3.05) is 6.54 Å². The second-order valence-corrected chi connectivity index (χ2v) is 5.88. The standard InChI is InChI=1S/C14H17Cl2NO2/c15-11-5-10(6-12(16)7-11)13(18)8-17-14(19)4-3-9-1-2-9/h5-7,9,13,18H,1-4,8H2,(H,17,19). The van der Waals surface area contributed by atoms with Crippen LogP contribution in [0.15, 0.2) is 18.2 Å². The summed E-state index contributed by atoms with van der Waals surface area (Å²) in [7, 11) is 0. The number of rotatable bonds is 6. The third kappa shape index (κ3) is 5.01. The van der Waals surface area contributed by atoms with Crippen molar-refractivity contribution in [1.82, 2.24) is 5.32 Å². The van der Waals surface area contributed by atoms with E-state index in [-0.39, 0.29) is 12.5 Å². The molecule has 19 heavy (non-hydrogen) atoms. The Kier molecular flexibility index (Phi) is 5.08. The Hall–Kier alpha value is -0.770. The minimum Gasteiger partial charge on any atom is -0.387 e. The highest BCUT2D eigenvalue weighted by molar-refractivity contribution is 6.34. The van der Waals surface area contributed by atoms with Crippen molar-refractivity contribution in [1.29, 1.82) is 0 Å². The maximum atomic E-state index is 11.6. The molecule has 1 aromatic carbocycles. The minimum atomic E-state index is -0.791. The summed E-state index contributed by atoms with van der Waals surface area (Å²) in [5, 5.41) is 13.7. The van der Waals surface area contributed by atoms with E-state index in [1.807, 2.05) is 0 Å². The Bertz CT molecular complexity index is 441. The first kappa shape index (κ1) is 14.6. The summed E-state index contributed by atoms with van der Waals surface area (Å²) < 4.78 is 0. The van der Waals surface area contributed by atoms with Crippen LogP contribution in [0.25, 0.3) is 0 Å². The highest BCUT2D eigenvalue weighted by Gasteiger charge is 2.22. The number of nitrogens with one attached hydrogen (secondary N) is 1. The normalized spacial score (nSPS) is 16.2. The molecular weight excluding hydrogens is 285 g/mol. The van der Waals surface area contributed by atoms with Gasteiger partial charge in [0, 0.05) is 23.0 Å². The van der Waals surface area contributed by atoms with Gasteiger partial charge in [-0.1, -0.05) is 36.0 Å². The highest BCUT2D eigenvalue weighted by atomic mass is 35.5. The molecule has 1 aliphatic carbocycles. The van der Waals surface area contributed by atoms with Gasteiger partial charge in [0.2, 0.25) is 5.91 Å². The second-order valence-electron chi connectivity index (χ2n) is 5.00. The van der Waals surface area contributed by atoms with Crippen molar-refractivity contribution in [2.24, 2.45) is 5.92 Å². The van der Waals surface area contributed by atoms with E-state index in [1.54, 1.807) is 18.2 Å². The van der Waals surface area contributed by atoms with E-state index in [0.29, 0.717) is 22.0 Å². The minimum absolute atomic E-state index is 0.0147. The number of carbonyl (C=O) groups excluding carboxylic acids is 1. The second kappa shape index (κ2) is 6.60. The molecule has 0 spiro atoms. The van der Waals surface area contributed by atoms with E-state index in [0.717, 1.165) is 12.3 Å². The van der Waals surface area contributed by atoms with Gasteiger partial charge in [0.25, 0.3) is 0 Å². The topological polar surface area (TPSA) is 49.3 Å². The molecule has 0 aliphatic heterocycles. The van der Waals surface area contributed by atoms with Crippen LogP contribution in [0.2, 0.25) is 10.0 Å². The SMILES string of the molecule is O=C(CCC1CC1)NCC(O)c1cc(Cl)cc(Cl)c1. The quantitative estimate of drug-likeness (QED) is 0.847. The van der Waals surface area contributed by atoms with Gasteiger partial charge in [-0.15, -0.1) is 0 Å². The summed E-state index contributed by atoms with van der Waals surface area (Å²) in [4.78, 5) is 11.6. The molecule has 0 saturated heterocycles. The van der Waals surface area contributed by atoms with Crippen LogP contribution in [0.4, 0.5) is 0 Å². The molecule has 1 saturated carbocycles. The zero-order chi connectivity index (χ0) is 13.8. The molecule has 2 N–H and O–H groups in total. The molecule has 1 atom stereocenters. The molecule has 1 aliphatic rings. The van der Waals surface area contributed by atoms with Crippen LogP contribution in [0, 0.1) is 5.92 Å². The number of hydrogen-bond donors (Lipinski definition) is 2. The Balaban J connectivity index is 1.79. The van der Waals surface area contributed by atoms with Crippen molar-refractivity contribution in [3.8, 4) is 0 Å². The number of benzene rings is 1. The average Bonchev–Trinajstić information content (AvgIpc) is 3.16. The fourth-order valence-electron chi connectivity index (χ4n) is 1.93. The molecule has 0 bridgehead atoms. The fraction of sp³-hybridized carbons (Fsp3) is 0.500. The van der Waals surface area contributed by atoms with E-state index in [9.17, 15) is 9.90 Å². The summed E-state index contributed by atoms with van der Waals surface area (Å²) in [6, 6.07) is 4.90. The molecule has 104 valence electrons. The molecule has 0 aromatic heterocycles. The summed E-state index contributed by atoms with van der Waals surface area (Å²) >= 11 is 11.7. The third-order valence-corrected chi connectivity index (χ3v) is 3.68. The lowest BCUT2D eigenvalue weighted by molar-refractivity contribution is -0.121. The molecule has 3 nitrogen and oxygen atoms in total. The fourth-order valence-corrected chi connectivity index (χ4v) is 2.47. The number of halogens is 2. The number of carbonyl (C=O) groups is 1. The van der Waals surface area contributed by atoms with Gasteiger partial charge in [-0.3, -0.25) is 4.79 Å². The lowest BCUT2D eigenvalue weighted by atomic mass is 10.1. The predicted molar refractivity (Wildman–Crippen MR) is 76.4 cm³/mol. The molecule has 1 fully saturated rings. The molecular formula is C14H17Cl2NO2. The van der Waals surface area contributed by atoms with Crippen molar-refractivity contribution in [2.45, 2.75) is 31.8 Å². The summed E-state index contributed by atoms with van der Waals surface area (Å²) in [6.07, 6.45) is 3.19. The first-order valence-corrected chi connectivity index (χ1v) is 7.21. The summed E-state index contributed by atoms with van der Waals surface area (Å²) in [5.74, 6) is 0.724. The Morgan fingerprint density at radius 1 is 1.32 bits per heavy atom. The third-order valence-electron chi connectivity index (χ3n) is 3.24. The highest BCUT2D eigenvalue weighted by Crippen LogP contribution is 2.33. The van der Waals surface area contributed by atoms with Gasteiger partial charge in [-0.05, 0) is 36.1 Å². The Labute approximate surface area is 122 Å². The van der Waals surface area contributed by atoms with E-state index < -0.39 is 6.10 Å². The van der Waals surface area contributed by atoms with Crippen LogP contribution in [0.5, 0.6) is 0 Å². The largest absolute Gasteiger partial charge is 0.387 e. The van der Waals surface area contributed by atoms with E-state index >= 15 is 0 Å². The molecule has 5 heteroatoms. The first-order valence-electron chi connectivity index (χ1n) is 6.45. The van der Waals surface area contributed by atoms with Crippen LogP contribution >= 0.6 is 23.2 Å². The van der Waals surface area contributed by atoms with Crippen molar-refractivity contribution >= 4 is 29.1 Å². The van der Waals surface area contributed by atoms with Crippen LogP contribution in [0.3, 0.4) is 0 Å². The van der Waals surface area contributed by atoms with Gasteiger partial charge in [-0.2, -0.15) is 0 Å². The van der Waals surface area contributed by atoms with Crippen LogP contribution in [0.1, 0.15) is 37.4 Å². The molecule has 0 heterocycles. The molecule has 2 rings (SSSR count). The van der Waals surface area contributed by atoms with Gasteiger partial charge in [0.15, 0.2) is 0 Å². The maximum Gasteiger partial charge on any atom is 0.220 e. The van der Waals surface area contributed by atoms with Crippen LogP contribution in [-0.4, -0.2) is 17.6 Å². The van der Waals surface area contributed by atoms with E-state index in [2.05, 4.69) is 5.32 Å². The lowest BCUT2D eigenvalue weighted by Crippen LogP contribution is -2.28. The average molecular weight is 302 g/mol. The first-order chi connectivity index (χ1) is 9.04. The Morgan fingerprint density at radius 3 is 2.53 bits per heavy atom. The van der Waals surface area contributed by atoms with E-state index in [1.165, 1.54) is 12.8 Å². The number of amides is 1. The van der Waals surface area contributed by atoms with Gasteiger partial charge >= 0.3 is 0 Å². The van der Waals surface area contributed by atoms with Crippen molar-refractivity contribution in [3.63, 3.8) is 0 Å². The van der Waals surface area contributed by atoms with E-state index in [4.69, 9.17) is 23.2 Å². The van der Waals surface area contributed by atoms with Gasteiger partial charge < -0.3 is 10.4 Å². The molecule has 0 radical (unpaired) electrons. The number of aliphatic hydroxyl groups is 1. The molecule has 1 aromatic rings. The molecule has 1 unspecified atom stereocenters. The maximum absolute atomic E-state index is 11.6. The number of aliphatic hydroxyl groups excluding tert-OH is 1. The van der Waals surface area contributed by atoms with Crippen LogP contribution in [-0.2, 0) is 4.79 Å². The lowest BCUT2D eigenvalue weighted by Gasteiger charge is -2.13. The van der Waals surface area contributed by atoms with Crippen LogP contribution < -0.4 is 5.32 Å². The van der Waals surface area contributed by atoms with Gasteiger partial charge in [0.05, 0.1) is 6.10 Å². The monoisotopic (exact) mass is 301 g/mol. The smallest absolute Gasteiger partial charge is 0.220 e. The summed E-state index contributed by atoms with van der Waals surface area (Å²) in [6.45, 7) is 0.181. The van der Waals surface area contributed by atoms with Gasteiger partial charge in [-0.25, -0.2) is 0 Å². The molecule has 1 amide bonds. The zero-order valence-electron chi connectivity index (χ0n) is 10.5. The van der Waals surface area contributed by atoms with Crippen molar-refractivity contribution in [3.05, 3.63) is 33.8 Å². The predicted octanol–water partition coefficient (Wildman–Crippen LogP) is 3.33. The Morgan fingerprint density at radius 2 is 1.95 bits per heavy atom. The summed E-state index contributed by atoms with van der Waals surface area (Å²) in [5.41, 5.74) is 0.611. The number of hydrogen-bond acceptors (Lipinski definition) is 2.